The van der Waals surface area contributed by atoms with Crippen LogP contribution in [0.4, 0.5) is 5.69 Å². The topological polar surface area (TPSA) is 114 Å². The van der Waals surface area contributed by atoms with Gasteiger partial charge >= 0.3 is 0 Å². The summed E-state index contributed by atoms with van der Waals surface area (Å²) in [5.41, 5.74) is 1.01. The van der Waals surface area contributed by atoms with E-state index in [1.807, 2.05) is 13.0 Å². The van der Waals surface area contributed by atoms with Crippen LogP contribution in [-0.4, -0.2) is 70.8 Å². The molecular weight excluding hydrogens is 498 g/mol. The highest BCUT2D eigenvalue weighted by atomic mass is 32.2. The predicted molar refractivity (Wildman–Crippen MR) is 141 cm³/mol. The summed E-state index contributed by atoms with van der Waals surface area (Å²) in [5, 5.41) is 2.86. The van der Waals surface area contributed by atoms with Crippen LogP contribution in [0.5, 0.6) is 17.2 Å². The van der Waals surface area contributed by atoms with Crippen molar-refractivity contribution in [1.82, 2.24) is 10.2 Å². The van der Waals surface area contributed by atoms with Crippen molar-refractivity contribution < 1.29 is 32.2 Å². The SMILES string of the molecule is CCCCNC(=O)[C@@H](C)N(Cc1cccc(OC)c1)C(=O)CN(c1ccc2c(c1)OCCO2)S(C)(=O)=O. The van der Waals surface area contributed by atoms with Crippen molar-refractivity contribution in [3.8, 4) is 17.2 Å². The smallest absolute Gasteiger partial charge is 0.244 e. The Kier molecular flexibility index (Phi) is 9.62. The van der Waals surface area contributed by atoms with Gasteiger partial charge in [0, 0.05) is 19.2 Å². The van der Waals surface area contributed by atoms with E-state index in [1.54, 1.807) is 44.4 Å². The van der Waals surface area contributed by atoms with Crippen LogP contribution in [0.15, 0.2) is 42.5 Å². The lowest BCUT2D eigenvalue weighted by Crippen LogP contribution is -2.51. The molecule has 3 rings (SSSR count). The molecule has 0 unspecified atom stereocenters. The van der Waals surface area contributed by atoms with Gasteiger partial charge in [0.05, 0.1) is 19.1 Å². The second kappa shape index (κ2) is 12.7. The predicted octanol–water partition coefficient (Wildman–Crippen LogP) is 2.57. The quantitative estimate of drug-likeness (QED) is 0.417. The van der Waals surface area contributed by atoms with E-state index in [4.69, 9.17) is 14.2 Å². The lowest BCUT2D eigenvalue weighted by atomic mass is 10.1. The third-order valence-electron chi connectivity index (χ3n) is 5.98. The number of benzene rings is 2. The second-order valence-corrected chi connectivity index (χ2v) is 10.7. The van der Waals surface area contributed by atoms with Crippen LogP contribution in [0, 0.1) is 0 Å². The molecule has 0 radical (unpaired) electrons. The Labute approximate surface area is 218 Å². The van der Waals surface area contributed by atoms with Gasteiger partial charge in [0.1, 0.15) is 31.5 Å². The maximum Gasteiger partial charge on any atom is 0.244 e. The van der Waals surface area contributed by atoms with E-state index in [0.717, 1.165) is 29.0 Å². The first-order valence-electron chi connectivity index (χ1n) is 12.2. The van der Waals surface area contributed by atoms with E-state index in [2.05, 4.69) is 5.32 Å². The number of hydrogen-bond acceptors (Lipinski definition) is 7. The van der Waals surface area contributed by atoms with Gasteiger partial charge in [0.2, 0.25) is 21.8 Å². The van der Waals surface area contributed by atoms with Crippen LogP contribution >= 0.6 is 0 Å². The number of anilines is 1. The zero-order valence-corrected chi connectivity index (χ0v) is 22.5. The number of carbonyl (C=O) groups excluding carboxylic acids is 2. The Balaban J connectivity index is 1.90. The first-order chi connectivity index (χ1) is 17.6. The highest BCUT2D eigenvalue weighted by Crippen LogP contribution is 2.34. The minimum absolute atomic E-state index is 0.0944. The Morgan fingerprint density at radius 2 is 1.84 bits per heavy atom. The van der Waals surface area contributed by atoms with Gasteiger partial charge in [-0.15, -0.1) is 0 Å². The molecule has 0 saturated carbocycles. The maximum absolute atomic E-state index is 13.6. The van der Waals surface area contributed by atoms with Gasteiger partial charge in [0.15, 0.2) is 11.5 Å². The fourth-order valence-corrected chi connectivity index (χ4v) is 4.73. The van der Waals surface area contributed by atoms with E-state index in [9.17, 15) is 18.0 Å². The third-order valence-corrected chi connectivity index (χ3v) is 7.12. The molecule has 1 heterocycles. The molecule has 0 fully saturated rings. The molecule has 0 aliphatic carbocycles. The Hall–Kier alpha value is -3.47. The Morgan fingerprint density at radius 1 is 1.11 bits per heavy atom. The second-order valence-electron chi connectivity index (χ2n) is 8.79. The van der Waals surface area contributed by atoms with Gasteiger partial charge in [-0.2, -0.15) is 0 Å². The van der Waals surface area contributed by atoms with Gasteiger partial charge in [-0.05, 0) is 43.2 Å². The third kappa shape index (κ3) is 7.51. The van der Waals surface area contributed by atoms with Crippen molar-refractivity contribution in [3.63, 3.8) is 0 Å². The number of ether oxygens (including phenoxy) is 3. The van der Waals surface area contributed by atoms with Crippen molar-refractivity contribution in [2.24, 2.45) is 0 Å². The van der Waals surface area contributed by atoms with Crippen LogP contribution in [0.25, 0.3) is 0 Å². The molecule has 1 N–H and O–H groups in total. The fourth-order valence-electron chi connectivity index (χ4n) is 3.89. The number of unbranched alkanes of at least 4 members (excludes halogenated alkanes) is 1. The fraction of sp³-hybridized carbons (Fsp3) is 0.462. The normalized spacial score (nSPS) is 13.4. The Morgan fingerprint density at radius 3 is 2.51 bits per heavy atom. The van der Waals surface area contributed by atoms with Crippen LogP contribution in [0.1, 0.15) is 32.3 Å². The molecule has 202 valence electrons. The van der Waals surface area contributed by atoms with Crippen molar-refractivity contribution in [1.29, 1.82) is 0 Å². The number of sulfonamides is 1. The molecular formula is C26H35N3O7S. The van der Waals surface area contributed by atoms with Crippen molar-refractivity contribution in [2.45, 2.75) is 39.3 Å². The molecule has 0 saturated heterocycles. The van der Waals surface area contributed by atoms with E-state index < -0.39 is 28.5 Å². The summed E-state index contributed by atoms with van der Waals surface area (Å²) in [6, 6.07) is 11.0. The van der Waals surface area contributed by atoms with E-state index >= 15 is 0 Å². The molecule has 1 aliphatic rings. The van der Waals surface area contributed by atoms with Gasteiger partial charge < -0.3 is 24.4 Å². The average molecular weight is 534 g/mol. The summed E-state index contributed by atoms with van der Waals surface area (Å²) < 4.78 is 42.9. The summed E-state index contributed by atoms with van der Waals surface area (Å²) in [6.07, 6.45) is 2.76. The molecule has 10 nitrogen and oxygen atoms in total. The van der Waals surface area contributed by atoms with Gasteiger partial charge in [-0.3, -0.25) is 13.9 Å². The van der Waals surface area contributed by atoms with E-state index in [0.29, 0.717) is 37.0 Å². The number of rotatable bonds is 12. The summed E-state index contributed by atoms with van der Waals surface area (Å²) in [7, 11) is -2.31. The average Bonchev–Trinajstić information content (AvgIpc) is 2.89. The number of fused-ring (bicyclic) bond motifs is 1. The van der Waals surface area contributed by atoms with E-state index in [1.165, 1.54) is 11.0 Å². The molecule has 2 aromatic carbocycles. The first-order valence-corrected chi connectivity index (χ1v) is 14.1. The zero-order chi connectivity index (χ0) is 27.0. The van der Waals surface area contributed by atoms with Gasteiger partial charge in [-0.25, -0.2) is 8.42 Å². The number of hydrogen-bond donors (Lipinski definition) is 1. The van der Waals surface area contributed by atoms with E-state index in [-0.39, 0.29) is 18.1 Å². The van der Waals surface area contributed by atoms with Crippen LogP contribution in [-0.2, 0) is 26.2 Å². The first kappa shape index (κ1) is 28.1. The number of nitrogens with zero attached hydrogens (tertiary/aromatic N) is 2. The number of nitrogens with one attached hydrogen (secondary N) is 1. The molecule has 37 heavy (non-hydrogen) atoms. The minimum Gasteiger partial charge on any atom is -0.497 e. The lowest BCUT2D eigenvalue weighted by molar-refractivity contribution is -0.139. The Bertz CT molecular complexity index is 1200. The summed E-state index contributed by atoms with van der Waals surface area (Å²) in [6.45, 7) is 4.49. The molecule has 0 spiro atoms. The highest BCUT2D eigenvalue weighted by molar-refractivity contribution is 7.92. The van der Waals surface area contributed by atoms with Crippen LogP contribution in [0.2, 0.25) is 0 Å². The zero-order valence-electron chi connectivity index (χ0n) is 21.7. The summed E-state index contributed by atoms with van der Waals surface area (Å²) >= 11 is 0. The highest BCUT2D eigenvalue weighted by Gasteiger charge is 2.30. The van der Waals surface area contributed by atoms with Crippen LogP contribution in [0.3, 0.4) is 0 Å². The maximum atomic E-state index is 13.6. The minimum atomic E-state index is -3.85. The molecule has 1 atom stereocenters. The summed E-state index contributed by atoms with van der Waals surface area (Å²) in [5.74, 6) is 0.684. The summed E-state index contributed by atoms with van der Waals surface area (Å²) in [4.78, 5) is 27.9. The molecule has 0 aromatic heterocycles. The number of carbonyl (C=O) groups is 2. The molecule has 0 bridgehead atoms. The monoisotopic (exact) mass is 533 g/mol. The van der Waals surface area contributed by atoms with Crippen molar-refractivity contribution >= 4 is 27.5 Å². The lowest BCUT2D eigenvalue weighted by Gasteiger charge is -2.32. The van der Waals surface area contributed by atoms with Gasteiger partial charge in [0.25, 0.3) is 0 Å². The standard InChI is InChI=1S/C26H35N3O7S/c1-5-6-12-27-26(31)19(2)28(17-20-8-7-9-22(15-20)34-3)25(30)18-29(37(4,32)33)21-10-11-23-24(16-21)36-14-13-35-23/h7-11,15-16,19H,5-6,12-14,17-18H2,1-4H3,(H,27,31)/t19-/m1/s1. The molecule has 11 heteroatoms. The van der Waals surface area contributed by atoms with Crippen molar-refractivity contribution in [3.05, 3.63) is 48.0 Å². The molecule has 2 aromatic rings. The largest absolute Gasteiger partial charge is 0.497 e. The van der Waals surface area contributed by atoms with Gasteiger partial charge in [-0.1, -0.05) is 25.5 Å². The number of methoxy groups -OCH3 is 1. The molecule has 1 aliphatic heterocycles. The van der Waals surface area contributed by atoms with Crippen LogP contribution < -0.4 is 23.8 Å². The van der Waals surface area contributed by atoms with Crippen molar-refractivity contribution in [2.75, 3.05) is 44.0 Å². The number of amides is 2. The molecule has 2 amide bonds.